The first-order chi connectivity index (χ1) is 9.88. The predicted molar refractivity (Wildman–Crippen MR) is 78.0 cm³/mol. The molecule has 5 heteroatoms. The zero-order valence-electron chi connectivity index (χ0n) is 12.3. The molecule has 21 heavy (non-hydrogen) atoms. The molecule has 1 aromatic carbocycles. The van der Waals surface area contributed by atoms with Crippen LogP contribution in [0.25, 0.3) is 0 Å². The predicted octanol–water partition coefficient (Wildman–Crippen LogP) is 1.19. The lowest BCUT2D eigenvalue weighted by atomic mass is 10.1. The highest BCUT2D eigenvalue weighted by molar-refractivity contribution is 6.05. The van der Waals surface area contributed by atoms with E-state index in [1.807, 2.05) is 31.5 Å². The van der Waals surface area contributed by atoms with Gasteiger partial charge in [0.25, 0.3) is 5.91 Å². The van der Waals surface area contributed by atoms with E-state index in [1.165, 1.54) is 0 Å². The number of hydrogen-bond donors (Lipinski definition) is 1. The molecule has 0 aliphatic rings. The number of anilines is 1. The maximum Gasteiger partial charge on any atom is 0.257 e. The topological polar surface area (TPSA) is 74.2 Å². The first-order valence-electron chi connectivity index (χ1n) is 6.61. The van der Waals surface area contributed by atoms with Gasteiger partial charge in [-0.1, -0.05) is 12.1 Å². The molecule has 5 nitrogen and oxygen atoms in total. The summed E-state index contributed by atoms with van der Waals surface area (Å²) in [6.07, 6.45) is -0.134. The Bertz CT molecular complexity index is 684. The second-order valence-corrected chi connectivity index (χ2v) is 5.04. The van der Waals surface area contributed by atoms with Gasteiger partial charge in [-0.05, 0) is 37.6 Å². The van der Waals surface area contributed by atoms with E-state index in [0.717, 1.165) is 11.4 Å². The molecule has 0 radical (unpaired) electrons. The van der Waals surface area contributed by atoms with Crippen molar-refractivity contribution in [2.24, 2.45) is 7.05 Å². The largest absolute Gasteiger partial charge is 0.550 e. The summed E-state index contributed by atoms with van der Waals surface area (Å²) in [6, 6.07) is 8.53. The molecule has 0 spiro atoms. The van der Waals surface area contributed by atoms with Crippen LogP contribution in [0.3, 0.4) is 0 Å². The van der Waals surface area contributed by atoms with Crippen LogP contribution < -0.4 is 10.4 Å². The molecule has 1 heterocycles. The molecular weight excluding hydrogens is 268 g/mol. The summed E-state index contributed by atoms with van der Waals surface area (Å²) >= 11 is 0. The normalized spacial score (nSPS) is 10.4. The lowest BCUT2D eigenvalue weighted by Gasteiger charge is -2.07. The molecular formula is C16H17N2O3-. The Morgan fingerprint density at radius 3 is 2.29 bits per heavy atom. The Morgan fingerprint density at radius 1 is 1.19 bits per heavy atom. The molecule has 0 saturated heterocycles. The summed E-state index contributed by atoms with van der Waals surface area (Å²) in [5.74, 6) is -1.30. The number of benzene rings is 1. The number of nitrogens with one attached hydrogen (secondary N) is 1. The van der Waals surface area contributed by atoms with Crippen LogP contribution in [-0.4, -0.2) is 16.4 Å². The summed E-state index contributed by atoms with van der Waals surface area (Å²) in [7, 11) is 1.91. The van der Waals surface area contributed by atoms with Gasteiger partial charge in [-0.25, -0.2) is 0 Å². The Kier molecular flexibility index (Phi) is 4.12. The minimum Gasteiger partial charge on any atom is -0.550 e. The third-order valence-electron chi connectivity index (χ3n) is 3.58. The molecule has 0 bridgehead atoms. The quantitative estimate of drug-likeness (QED) is 0.917. The number of aliphatic carboxylic acids is 1. The SMILES string of the molecule is Cc1cc(C(=O)Nc2ccc(CC(=O)[O-])cc2)c(C)n1C. The molecule has 0 fully saturated rings. The minimum absolute atomic E-state index is 0.134. The van der Waals surface area contributed by atoms with Crippen molar-refractivity contribution in [2.45, 2.75) is 20.3 Å². The summed E-state index contributed by atoms with van der Waals surface area (Å²) < 4.78 is 1.96. The van der Waals surface area contributed by atoms with Crippen LogP contribution in [-0.2, 0) is 18.3 Å². The number of carbonyl (C=O) groups is 2. The molecule has 110 valence electrons. The summed E-state index contributed by atoms with van der Waals surface area (Å²) in [5, 5.41) is 13.3. The van der Waals surface area contributed by atoms with Crippen molar-refractivity contribution in [1.29, 1.82) is 0 Å². The van der Waals surface area contributed by atoms with Crippen molar-refractivity contribution in [3.05, 3.63) is 52.8 Å². The smallest absolute Gasteiger partial charge is 0.257 e. The number of nitrogens with zero attached hydrogens (tertiary/aromatic N) is 1. The van der Waals surface area contributed by atoms with E-state index in [4.69, 9.17) is 0 Å². The van der Waals surface area contributed by atoms with Crippen LogP contribution >= 0.6 is 0 Å². The van der Waals surface area contributed by atoms with E-state index in [0.29, 0.717) is 16.8 Å². The molecule has 0 aliphatic carbocycles. The average Bonchev–Trinajstić information content (AvgIpc) is 2.68. The van der Waals surface area contributed by atoms with Gasteiger partial charge in [0.2, 0.25) is 0 Å². The maximum atomic E-state index is 12.2. The van der Waals surface area contributed by atoms with Crippen LogP contribution in [0.5, 0.6) is 0 Å². The van der Waals surface area contributed by atoms with E-state index in [-0.39, 0.29) is 12.3 Å². The molecule has 0 saturated carbocycles. The number of rotatable bonds is 4. The Hall–Kier alpha value is -2.56. The maximum absolute atomic E-state index is 12.2. The van der Waals surface area contributed by atoms with Gasteiger partial charge >= 0.3 is 0 Å². The molecule has 0 unspecified atom stereocenters. The van der Waals surface area contributed by atoms with Crippen LogP contribution in [0.4, 0.5) is 5.69 Å². The fraction of sp³-hybridized carbons (Fsp3) is 0.250. The van der Waals surface area contributed by atoms with Crippen molar-refractivity contribution in [2.75, 3.05) is 5.32 Å². The van der Waals surface area contributed by atoms with Crippen molar-refractivity contribution in [1.82, 2.24) is 4.57 Å². The van der Waals surface area contributed by atoms with Crippen LogP contribution in [0, 0.1) is 13.8 Å². The number of carbonyl (C=O) groups excluding carboxylic acids is 2. The second-order valence-electron chi connectivity index (χ2n) is 5.04. The minimum atomic E-state index is -1.12. The van der Waals surface area contributed by atoms with Gasteiger partial charge in [-0.3, -0.25) is 4.79 Å². The van der Waals surface area contributed by atoms with Gasteiger partial charge in [-0.2, -0.15) is 0 Å². The third-order valence-corrected chi connectivity index (χ3v) is 3.58. The number of carboxylic acid groups (broad SMARTS) is 1. The van der Waals surface area contributed by atoms with E-state index in [9.17, 15) is 14.7 Å². The zero-order valence-corrected chi connectivity index (χ0v) is 12.3. The van der Waals surface area contributed by atoms with Gasteiger partial charge in [0, 0.05) is 36.5 Å². The second kappa shape index (κ2) is 5.83. The van der Waals surface area contributed by atoms with Crippen molar-refractivity contribution < 1.29 is 14.7 Å². The number of hydrogen-bond acceptors (Lipinski definition) is 3. The Labute approximate surface area is 123 Å². The number of carboxylic acids is 1. The lowest BCUT2D eigenvalue weighted by molar-refractivity contribution is -0.304. The van der Waals surface area contributed by atoms with E-state index >= 15 is 0 Å². The lowest BCUT2D eigenvalue weighted by Crippen LogP contribution is -2.24. The van der Waals surface area contributed by atoms with E-state index in [1.54, 1.807) is 24.3 Å². The Balaban J connectivity index is 2.12. The molecule has 0 atom stereocenters. The average molecular weight is 285 g/mol. The van der Waals surface area contributed by atoms with Gasteiger partial charge in [0.1, 0.15) is 0 Å². The van der Waals surface area contributed by atoms with Crippen molar-refractivity contribution in [3.63, 3.8) is 0 Å². The fourth-order valence-corrected chi connectivity index (χ4v) is 2.16. The highest BCUT2D eigenvalue weighted by Crippen LogP contribution is 2.16. The molecule has 2 rings (SSSR count). The highest BCUT2D eigenvalue weighted by Gasteiger charge is 2.13. The van der Waals surface area contributed by atoms with Gasteiger partial charge in [-0.15, -0.1) is 0 Å². The molecule has 1 N–H and O–H groups in total. The summed E-state index contributed by atoms with van der Waals surface area (Å²) in [4.78, 5) is 22.7. The molecule has 0 aliphatic heterocycles. The monoisotopic (exact) mass is 285 g/mol. The fourth-order valence-electron chi connectivity index (χ4n) is 2.16. The van der Waals surface area contributed by atoms with Crippen molar-refractivity contribution in [3.8, 4) is 0 Å². The Morgan fingerprint density at radius 2 is 1.81 bits per heavy atom. The molecule has 1 amide bonds. The van der Waals surface area contributed by atoms with Crippen LogP contribution in [0.15, 0.2) is 30.3 Å². The van der Waals surface area contributed by atoms with Crippen LogP contribution in [0.1, 0.15) is 27.3 Å². The van der Waals surface area contributed by atoms with E-state index in [2.05, 4.69) is 5.32 Å². The standard InChI is InChI=1S/C16H18N2O3/c1-10-8-14(11(2)18(10)3)16(21)17-13-6-4-12(5-7-13)9-15(19)20/h4-8H,9H2,1-3H3,(H,17,21)(H,19,20)/p-1. The highest BCUT2D eigenvalue weighted by atomic mass is 16.4. The summed E-state index contributed by atoms with van der Waals surface area (Å²) in [5.41, 5.74) is 3.82. The number of aryl methyl sites for hydroxylation is 1. The van der Waals surface area contributed by atoms with Gasteiger partial charge in [0.05, 0.1) is 5.56 Å². The zero-order chi connectivity index (χ0) is 15.6. The first kappa shape index (κ1) is 14.8. The van der Waals surface area contributed by atoms with Crippen LogP contribution in [0.2, 0.25) is 0 Å². The summed E-state index contributed by atoms with van der Waals surface area (Å²) in [6.45, 7) is 3.84. The molecule has 1 aromatic heterocycles. The van der Waals surface area contributed by atoms with Crippen molar-refractivity contribution >= 4 is 17.6 Å². The third kappa shape index (κ3) is 3.31. The van der Waals surface area contributed by atoms with E-state index < -0.39 is 5.97 Å². The van der Waals surface area contributed by atoms with Gasteiger partial charge < -0.3 is 19.8 Å². The number of amides is 1. The number of aromatic nitrogens is 1. The first-order valence-corrected chi connectivity index (χ1v) is 6.61. The van der Waals surface area contributed by atoms with Gasteiger partial charge in [0.15, 0.2) is 0 Å². The molecule has 2 aromatic rings.